The number of carbonyl (C=O) groups is 3. The van der Waals surface area contributed by atoms with E-state index in [1.165, 1.54) is 4.90 Å². The molecule has 3 N–H and O–H groups in total. The van der Waals surface area contributed by atoms with Crippen LogP contribution in [0.25, 0.3) is 0 Å². The van der Waals surface area contributed by atoms with E-state index in [4.69, 9.17) is 0 Å². The number of likely N-dealkylation sites (tertiary alicyclic amines) is 1. The Labute approximate surface area is 193 Å². The first-order chi connectivity index (χ1) is 15.7. The highest BCUT2D eigenvalue weighted by atomic mass is 16.4. The standard InChI is InChI=1S/C26H30N2O5/c1-4-5-11-28-23(30)19-20(24(28)31)26(25(32)33,14-17-9-7-6-8-10-17)27-21(19)18-12-15(2)22(29)16(3)13-18/h6-10,12-13,19-21,27,29H,4-5,11,14H2,1-3H3,(H,32,33). The smallest absolute Gasteiger partial charge is 0.325 e. The SMILES string of the molecule is CCCCN1C(=O)C2C(c3cc(C)c(O)c(C)c3)NC(Cc3ccccc3)(C(=O)O)C2C1=O. The fourth-order valence-corrected chi connectivity index (χ4v) is 5.41. The molecule has 0 aromatic heterocycles. The van der Waals surface area contributed by atoms with Gasteiger partial charge in [-0.3, -0.25) is 24.6 Å². The predicted molar refractivity (Wildman–Crippen MR) is 123 cm³/mol. The van der Waals surface area contributed by atoms with Crippen molar-refractivity contribution in [2.45, 2.75) is 51.6 Å². The quantitative estimate of drug-likeness (QED) is 0.560. The zero-order valence-corrected chi connectivity index (χ0v) is 19.2. The number of unbranched alkanes of at least 4 members (excludes halogenated alkanes) is 1. The molecule has 33 heavy (non-hydrogen) atoms. The van der Waals surface area contributed by atoms with E-state index in [0.29, 0.717) is 29.7 Å². The van der Waals surface area contributed by atoms with Crippen LogP contribution >= 0.6 is 0 Å². The van der Waals surface area contributed by atoms with Gasteiger partial charge in [-0.15, -0.1) is 0 Å². The number of nitrogens with one attached hydrogen (secondary N) is 1. The van der Waals surface area contributed by atoms with E-state index in [9.17, 15) is 24.6 Å². The number of fused-ring (bicyclic) bond motifs is 1. The Morgan fingerprint density at radius 1 is 1.09 bits per heavy atom. The maximum Gasteiger partial charge on any atom is 0.325 e. The maximum atomic E-state index is 13.5. The third-order valence-corrected chi connectivity index (χ3v) is 7.06. The van der Waals surface area contributed by atoms with Crippen molar-refractivity contribution >= 4 is 17.8 Å². The third-order valence-electron chi connectivity index (χ3n) is 7.06. The number of imide groups is 1. The Morgan fingerprint density at radius 2 is 1.73 bits per heavy atom. The predicted octanol–water partition coefficient (Wildman–Crippen LogP) is 3.12. The Bertz CT molecular complexity index is 1080. The van der Waals surface area contributed by atoms with Gasteiger partial charge in [-0.05, 0) is 42.5 Å². The zero-order chi connectivity index (χ0) is 23.9. The Kier molecular flexibility index (Phi) is 6.01. The molecule has 174 valence electrons. The fraction of sp³-hybridized carbons (Fsp3) is 0.423. The van der Waals surface area contributed by atoms with E-state index in [0.717, 1.165) is 12.0 Å². The molecule has 2 amide bonds. The minimum atomic E-state index is -1.62. The molecule has 4 atom stereocenters. The molecule has 0 aliphatic carbocycles. The summed E-state index contributed by atoms with van der Waals surface area (Å²) in [6.45, 7) is 5.81. The second kappa shape index (κ2) is 8.63. The van der Waals surface area contributed by atoms with E-state index >= 15 is 0 Å². The number of carbonyl (C=O) groups excluding carboxylic acids is 2. The van der Waals surface area contributed by atoms with Crippen molar-refractivity contribution in [1.29, 1.82) is 0 Å². The fourth-order valence-electron chi connectivity index (χ4n) is 5.41. The number of hydrogen-bond donors (Lipinski definition) is 3. The largest absolute Gasteiger partial charge is 0.507 e. The Morgan fingerprint density at radius 3 is 2.30 bits per heavy atom. The topological polar surface area (TPSA) is 107 Å². The minimum Gasteiger partial charge on any atom is -0.507 e. The van der Waals surface area contributed by atoms with Gasteiger partial charge in [0, 0.05) is 19.0 Å². The summed E-state index contributed by atoms with van der Waals surface area (Å²) in [6.07, 6.45) is 1.57. The van der Waals surface area contributed by atoms with Crippen molar-refractivity contribution in [2.24, 2.45) is 11.8 Å². The van der Waals surface area contributed by atoms with E-state index in [1.54, 1.807) is 26.0 Å². The summed E-state index contributed by atoms with van der Waals surface area (Å²) >= 11 is 0. The number of hydrogen-bond acceptors (Lipinski definition) is 5. The van der Waals surface area contributed by atoms with Crippen molar-refractivity contribution in [1.82, 2.24) is 10.2 Å². The summed E-state index contributed by atoms with van der Waals surface area (Å²) < 4.78 is 0. The molecule has 4 rings (SSSR count). The lowest BCUT2D eigenvalue weighted by Crippen LogP contribution is -2.57. The van der Waals surface area contributed by atoms with Crippen LogP contribution in [0.3, 0.4) is 0 Å². The molecule has 2 aliphatic heterocycles. The molecule has 2 aliphatic rings. The lowest BCUT2D eigenvalue weighted by Gasteiger charge is -2.31. The molecule has 0 saturated carbocycles. The van der Waals surface area contributed by atoms with Crippen molar-refractivity contribution in [2.75, 3.05) is 6.54 Å². The van der Waals surface area contributed by atoms with Crippen molar-refractivity contribution in [3.63, 3.8) is 0 Å². The number of phenolic OH excluding ortho intramolecular Hbond substituents is 1. The molecule has 4 unspecified atom stereocenters. The molecular weight excluding hydrogens is 420 g/mol. The van der Waals surface area contributed by atoms with Crippen LogP contribution < -0.4 is 5.32 Å². The van der Waals surface area contributed by atoms with Crippen LogP contribution in [0.2, 0.25) is 0 Å². The number of amides is 2. The first-order valence-electron chi connectivity index (χ1n) is 11.4. The first kappa shape index (κ1) is 23.0. The Balaban J connectivity index is 1.85. The number of aliphatic carboxylic acids is 1. The van der Waals surface area contributed by atoms with Gasteiger partial charge in [-0.2, -0.15) is 0 Å². The highest BCUT2D eigenvalue weighted by molar-refractivity contribution is 6.09. The van der Waals surface area contributed by atoms with Gasteiger partial charge >= 0.3 is 5.97 Å². The number of benzene rings is 2. The van der Waals surface area contributed by atoms with Crippen LogP contribution in [-0.2, 0) is 20.8 Å². The number of carboxylic acids is 1. The summed E-state index contributed by atoms with van der Waals surface area (Å²) in [5.41, 5.74) is 1.13. The van der Waals surface area contributed by atoms with Gasteiger partial charge in [0.2, 0.25) is 11.8 Å². The van der Waals surface area contributed by atoms with E-state index in [1.807, 2.05) is 37.3 Å². The van der Waals surface area contributed by atoms with Crippen molar-refractivity contribution in [3.05, 3.63) is 64.7 Å². The average molecular weight is 451 g/mol. The molecule has 2 heterocycles. The monoisotopic (exact) mass is 450 g/mol. The van der Waals surface area contributed by atoms with E-state index in [2.05, 4.69) is 5.32 Å². The first-order valence-corrected chi connectivity index (χ1v) is 11.4. The van der Waals surface area contributed by atoms with Gasteiger partial charge in [-0.25, -0.2) is 0 Å². The lowest BCUT2D eigenvalue weighted by atomic mass is 9.76. The van der Waals surface area contributed by atoms with Crippen molar-refractivity contribution < 1.29 is 24.6 Å². The molecule has 2 aromatic rings. The minimum absolute atomic E-state index is 0.0809. The van der Waals surface area contributed by atoms with Crippen LogP contribution in [0, 0.1) is 25.7 Å². The number of aryl methyl sites for hydroxylation is 2. The second-order valence-corrected chi connectivity index (χ2v) is 9.25. The molecule has 0 radical (unpaired) electrons. The highest BCUT2D eigenvalue weighted by Gasteiger charge is 2.68. The Hall–Kier alpha value is -3.19. The second-order valence-electron chi connectivity index (χ2n) is 9.25. The van der Waals surface area contributed by atoms with Crippen LogP contribution in [0.1, 0.15) is 48.1 Å². The molecule has 2 saturated heterocycles. The van der Waals surface area contributed by atoms with Crippen LogP contribution in [0.15, 0.2) is 42.5 Å². The van der Waals surface area contributed by atoms with Gasteiger partial charge in [0.15, 0.2) is 0 Å². The van der Waals surface area contributed by atoms with Gasteiger partial charge in [0.25, 0.3) is 0 Å². The summed E-state index contributed by atoms with van der Waals surface area (Å²) in [5.74, 6) is -3.55. The molecule has 2 aromatic carbocycles. The van der Waals surface area contributed by atoms with Crippen LogP contribution in [-0.4, -0.2) is 45.0 Å². The van der Waals surface area contributed by atoms with E-state index < -0.39 is 35.3 Å². The number of carboxylic acid groups (broad SMARTS) is 1. The van der Waals surface area contributed by atoms with Gasteiger partial charge in [0.1, 0.15) is 11.3 Å². The summed E-state index contributed by atoms with van der Waals surface area (Å²) in [4.78, 5) is 41.1. The number of nitrogens with zero attached hydrogens (tertiary/aromatic N) is 1. The summed E-state index contributed by atoms with van der Waals surface area (Å²) in [6, 6.07) is 12.1. The molecule has 7 nitrogen and oxygen atoms in total. The summed E-state index contributed by atoms with van der Waals surface area (Å²) in [5, 5.41) is 23.9. The molecule has 7 heteroatoms. The van der Waals surface area contributed by atoms with E-state index in [-0.39, 0.29) is 18.1 Å². The van der Waals surface area contributed by atoms with Crippen LogP contribution in [0.5, 0.6) is 5.75 Å². The molecule has 2 fully saturated rings. The molecule has 0 spiro atoms. The average Bonchev–Trinajstić information content (AvgIpc) is 3.25. The number of aromatic hydroxyl groups is 1. The third kappa shape index (κ3) is 3.70. The lowest BCUT2D eigenvalue weighted by molar-refractivity contribution is -0.151. The summed E-state index contributed by atoms with van der Waals surface area (Å²) in [7, 11) is 0. The molecular formula is C26H30N2O5. The van der Waals surface area contributed by atoms with Crippen LogP contribution in [0.4, 0.5) is 0 Å². The number of phenols is 1. The highest BCUT2D eigenvalue weighted by Crippen LogP contribution is 2.50. The van der Waals surface area contributed by atoms with Crippen molar-refractivity contribution in [3.8, 4) is 5.75 Å². The normalized spacial score (nSPS) is 26.6. The molecule has 0 bridgehead atoms. The van der Waals surface area contributed by atoms with Gasteiger partial charge in [-0.1, -0.05) is 55.8 Å². The van der Waals surface area contributed by atoms with Gasteiger partial charge in [0.05, 0.1) is 11.8 Å². The maximum absolute atomic E-state index is 13.5. The van der Waals surface area contributed by atoms with Gasteiger partial charge < -0.3 is 10.2 Å². The zero-order valence-electron chi connectivity index (χ0n) is 19.2. The number of rotatable bonds is 7.